The summed E-state index contributed by atoms with van der Waals surface area (Å²) in [5.41, 5.74) is 1.94. The second-order valence-corrected chi connectivity index (χ2v) is 5.16. The molecule has 2 aromatic rings. The van der Waals surface area contributed by atoms with Crippen LogP contribution in [0.15, 0.2) is 36.5 Å². The zero-order valence-electron chi connectivity index (χ0n) is 10.9. The van der Waals surface area contributed by atoms with Gasteiger partial charge in [0, 0.05) is 31.1 Å². The monoisotopic (exact) mass is 272 g/mol. The van der Waals surface area contributed by atoms with Crippen LogP contribution in [0.25, 0.3) is 10.9 Å². The number of rotatable bonds is 3. The Labute approximate surface area is 116 Å². The van der Waals surface area contributed by atoms with E-state index in [0.717, 1.165) is 16.5 Å². The molecule has 5 nitrogen and oxygen atoms in total. The van der Waals surface area contributed by atoms with Crippen molar-refractivity contribution >= 4 is 16.9 Å². The lowest BCUT2D eigenvalue weighted by Gasteiger charge is -2.21. The van der Waals surface area contributed by atoms with Gasteiger partial charge in [0.2, 0.25) is 0 Å². The number of carbonyl (C=O) groups is 1. The van der Waals surface area contributed by atoms with Crippen LogP contribution in [0.4, 0.5) is 0 Å². The van der Waals surface area contributed by atoms with E-state index in [9.17, 15) is 15.0 Å². The third kappa shape index (κ3) is 2.37. The van der Waals surface area contributed by atoms with Crippen LogP contribution in [0, 0.1) is 0 Å². The summed E-state index contributed by atoms with van der Waals surface area (Å²) in [6.07, 6.45) is 1.47. The number of fused-ring (bicyclic) bond motifs is 1. The fourth-order valence-electron chi connectivity index (χ4n) is 2.83. The highest BCUT2D eigenvalue weighted by molar-refractivity contribution is 5.82. The van der Waals surface area contributed by atoms with E-state index in [-0.39, 0.29) is 0 Å². The molecule has 1 aliphatic rings. The molecule has 20 heavy (non-hydrogen) atoms. The van der Waals surface area contributed by atoms with E-state index in [1.54, 1.807) is 6.20 Å². The largest absolute Gasteiger partial charge is 0.480 e. The molecule has 0 bridgehead atoms. The molecular weight excluding hydrogens is 256 g/mol. The highest BCUT2D eigenvalue weighted by atomic mass is 16.4. The summed E-state index contributed by atoms with van der Waals surface area (Å²) in [7, 11) is 0. The number of aliphatic carboxylic acids is 1. The zero-order valence-corrected chi connectivity index (χ0v) is 10.9. The highest BCUT2D eigenvalue weighted by Gasteiger charge is 2.35. The smallest absolute Gasteiger partial charge is 0.321 e. The van der Waals surface area contributed by atoms with Gasteiger partial charge in [0.25, 0.3) is 0 Å². The summed E-state index contributed by atoms with van der Waals surface area (Å²) in [5, 5.41) is 19.9. The van der Waals surface area contributed by atoms with Crippen LogP contribution in [0.5, 0.6) is 0 Å². The van der Waals surface area contributed by atoms with Crippen molar-refractivity contribution in [1.82, 2.24) is 9.88 Å². The van der Waals surface area contributed by atoms with Crippen LogP contribution < -0.4 is 0 Å². The number of aromatic nitrogens is 1. The number of carboxylic acids is 1. The molecule has 0 saturated carbocycles. The van der Waals surface area contributed by atoms with Gasteiger partial charge in [0.05, 0.1) is 11.6 Å². The van der Waals surface area contributed by atoms with Crippen molar-refractivity contribution in [2.75, 3.05) is 6.54 Å². The van der Waals surface area contributed by atoms with Crippen molar-refractivity contribution in [3.63, 3.8) is 0 Å². The second-order valence-electron chi connectivity index (χ2n) is 5.16. The zero-order chi connectivity index (χ0) is 14.1. The van der Waals surface area contributed by atoms with Gasteiger partial charge in [-0.15, -0.1) is 0 Å². The molecule has 104 valence electrons. The van der Waals surface area contributed by atoms with Crippen LogP contribution in [-0.2, 0) is 11.3 Å². The van der Waals surface area contributed by atoms with Crippen molar-refractivity contribution in [3.05, 3.63) is 42.1 Å². The SMILES string of the molecule is O=C(O)[C@@H]1C[C@@H](O)CN1Cc1cccc2ncccc12. The van der Waals surface area contributed by atoms with E-state index < -0.39 is 18.1 Å². The molecule has 2 atom stereocenters. The molecule has 2 N–H and O–H groups in total. The number of pyridine rings is 1. The van der Waals surface area contributed by atoms with Gasteiger partial charge >= 0.3 is 5.97 Å². The second kappa shape index (κ2) is 5.19. The Kier molecular flexibility index (Phi) is 3.38. The molecule has 1 aromatic carbocycles. The van der Waals surface area contributed by atoms with Gasteiger partial charge in [0.15, 0.2) is 0 Å². The Morgan fingerprint density at radius 3 is 3.00 bits per heavy atom. The Morgan fingerprint density at radius 1 is 1.35 bits per heavy atom. The molecule has 5 heteroatoms. The van der Waals surface area contributed by atoms with E-state index in [4.69, 9.17) is 0 Å². The number of hydrogen-bond donors (Lipinski definition) is 2. The standard InChI is InChI=1S/C15H16N2O3/c18-11-7-14(15(19)20)17(9-11)8-10-3-1-5-13-12(10)4-2-6-16-13/h1-6,11,14,18H,7-9H2,(H,19,20)/t11-,14+/m1/s1. The van der Waals surface area contributed by atoms with E-state index in [1.165, 1.54) is 0 Å². The topological polar surface area (TPSA) is 73.7 Å². The minimum Gasteiger partial charge on any atom is -0.480 e. The summed E-state index contributed by atoms with van der Waals surface area (Å²) in [6.45, 7) is 0.907. The fraction of sp³-hybridized carbons (Fsp3) is 0.333. The van der Waals surface area contributed by atoms with E-state index in [1.807, 2.05) is 35.2 Å². The Bertz CT molecular complexity index is 639. The summed E-state index contributed by atoms with van der Waals surface area (Å²) in [5.74, 6) is -0.875. The summed E-state index contributed by atoms with van der Waals surface area (Å²) in [4.78, 5) is 17.4. The molecule has 2 heterocycles. The molecule has 0 aliphatic carbocycles. The van der Waals surface area contributed by atoms with Crippen LogP contribution in [0.3, 0.4) is 0 Å². The minimum absolute atomic E-state index is 0.290. The Balaban J connectivity index is 1.91. The number of aliphatic hydroxyl groups is 1. The predicted octanol–water partition coefficient (Wildman–Crippen LogP) is 1.25. The van der Waals surface area contributed by atoms with Crippen LogP contribution in [-0.4, -0.2) is 44.8 Å². The molecule has 1 aliphatic heterocycles. The van der Waals surface area contributed by atoms with E-state index in [2.05, 4.69) is 4.98 Å². The molecule has 0 radical (unpaired) electrons. The first-order chi connectivity index (χ1) is 9.65. The van der Waals surface area contributed by atoms with Crippen molar-refractivity contribution in [2.45, 2.75) is 25.1 Å². The number of carboxylic acid groups (broad SMARTS) is 1. The van der Waals surface area contributed by atoms with Gasteiger partial charge in [-0.05, 0) is 17.7 Å². The first kappa shape index (κ1) is 13.0. The summed E-state index contributed by atoms with van der Waals surface area (Å²) >= 11 is 0. The normalized spacial score (nSPS) is 23.2. The number of nitrogens with zero attached hydrogens (tertiary/aromatic N) is 2. The number of aliphatic hydroxyl groups excluding tert-OH is 1. The Morgan fingerprint density at radius 2 is 2.20 bits per heavy atom. The molecule has 0 amide bonds. The molecular formula is C15H16N2O3. The summed E-state index contributed by atoms with van der Waals surface area (Å²) in [6, 6.07) is 9.09. The minimum atomic E-state index is -0.875. The number of benzene rings is 1. The van der Waals surface area contributed by atoms with Crippen molar-refractivity contribution < 1.29 is 15.0 Å². The lowest BCUT2D eigenvalue weighted by Crippen LogP contribution is -2.35. The molecule has 3 rings (SSSR count). The third-order valence-electron chi connectivity index (χ3n) is 3.78. The van der Waals surface area contributed by atoms with Gasteiger partial charge in [-0.25, -0.2) is 0 Å². The molecule has 0 unspecified atom stereocenters. The van der Waals surface area contributed by atoms with E-state index >= 15 is 0 Å². The molecule has 1 fully saturated rings. The van der Waals surface area contributed by atoms with Crippen molar-refractivity contribution in [2.24, 2.45) is 0 Å². The average Bonchev–Trinajstić information content (AvgIpc) is 2.80. The maximum atomic E-state index is 11.2. The quantitative estimate of drug-likeness (QED) is 0.880. The first-order valence-corrected chi connectivity index (χ1v) is 6.62. The molecule has 0 spiro atoms. The van der Waals surface area contributed by atoms with Crippen LogP contribution in [0.1, 0.15) is 12.0 Å². The van der Waals surface area contributed by atoms with Gasteiger partial charge in [-0.2, -0.15) is 0 Å². The lowest BCUT2D eigenvalue weighted by molar-refractivity contribution is -0.142. The summed E-state index contributed by atoms with van der Waals surface area (Å²) < 4.78 is 0. The van der Waals surface area contributed by atoms with Gasteiger partial charge in [0.1, 0.15) is 6.04 Å². The number of likely N-dealkylation sites (tertiary alicyclic amines) is 1. The Hall–Kier alpha value is -1.98. The van der Waals surface area contributed by atoms with E-state index in [0.29, 0.717) is 19.5 Å². The maximum absolute atomic E-state index is 11.2. The van der Waals surface area contributed by atoms with Crippen LogP contribution >= 0.6 is 0 Å². The number of hydrogen-bond acceptors (Lipinski definition) is 4. The van der Waals surface area contributed by atoms with Crippen molar-refractivity contribution in [1.29, 1.82) is 0 Å². The van der Waals surface area contributed by atoms with Gasteiger partial charge in [-0.1, -0.05) is 18.2 Å². The first-order valence-electron chi connectivity index (χ1n) is 6.62. The van der Waals surface area contributed by atoms with Gasteiger partial charge in [-0.3, -0.25) is 14.7 Å². The number of β-amino-alcohol motifs (C(OH)–C–C–N with tert-alkyl or cyclic N) is 1. The van der Waals surface area contributed by atoms with Crippen molar-refractivity contribution in [3.8, 4) is 0 Å². The highest BCUT2D eigenvalue weighted by Crippen LogP contribution is 2.24. The van der Waals surface area contributed by atoms with Crippen LogP contribution in [0.2, 0.25) is 0 Å². The third-order valence-corrected chi connectivity index (χ3v) is 3.78. The lowest BCUT2D eigenvalue weighted by atomic mass is 10.1. The maximum Gasteiger partial charge on any atom is 0.321 e. The average molecular weight is 272 g/mol. The predicted molar refractivity (Wildman–Crippen MR) is 74.2 cm³/mol. The fourth-order valence-corrected chi connectivity index (χ4v) is 2.83. The van der Waals surface area contributed by atoms with Gasteiger partial charge < -0.3 is 10.2 Å². The molecule has 1 aromatic heterocycles. The molecule has 1 saturated heterocycles.